The van der Waals surface area contributed by atoms with Gasteiger partial charge in [-0.05, 0) is 36.4 Å². The Kier molecular flexibility index (Phi) is 6.55. The third-order valence-corrected chi connectivity index (χ3v) is 7.13. The molecule has 33 heavy (non-hydrogen) atoms. The Morgan fingerprint density at radius 1 is 1.09 bits per heavy atom. The number of rotatable bonds is 7. The van der Waals surface area contributed by atoms with Crippen molar-refractivity contribution < 1.29 is 4.79 Å². The van der Waals surface area contributed by atoms with Crippen LogP contribution in [0, 0.1) is 0 Å². The van der Waals surface area contributed by atoms with Gasteiger partial charge in [0.15, 0.2) is 5.65 Å². The summed E-state index contributed by atoms with van der Waals surface area (Å²) in [5.74, 6) is 1.87. The van der Waals surface area contributed by atoms with Crippen LogP contribution in [0.1, 0.15) is 53.5 Å². The number of carbonyl (C=O) groups excluding carboxylic acids is 1. The standard InChI is InChI=1S/C24H25ClN6OS/c25-18-9-4-5-10-19(18)31-23-17(15-28-31)22(29-21(30-23)16-7-2-1-3-8-16)26-12-13-27-24(32)20-11-6-14-33-20/h4-6,9-11,14-16H,1-3,7-8,12-13H2,(H,27,32)(H,26,29,30). The van der Waals surface area contributed by atoms with Crippen molar-refractivity contribution in [1.82, 2.24) is 25.1 Å². The van der Waals surface area contributed by atoms with E-state index in [1.54, 1.807) is 10.9 Å². The normalized spacial score (nSPS) is 14.5. The number of aromatic nitrogens is 4. The molecule has 1 aliphatic carbocycles. The molecule has 3 aromatic heterocycles. The number of thiophene rings is 1. The fourth-order valence-corrected chi connectivity index (χ4v) is 5.11. The summed E-state index contributed by atoms with van der Waals surface area (Å²) in [5.41, 5.74) is 1.53. The number of benzene rings is 1. The van der Waals surface area contributed by atoms with Crippen LogP contribution in [0.3, 0.4) is 0 Å². The zero-order valence-electron chi connectivity index (χ0n) is 18.1. The number of nitrogens with zero attached hydrogens (tertiary/aromatic N) is 4. The second kappa shape index (κ2) is 9.89. The van der Waals surface area contributed by atoms with Crippen LogP contribution >= 0.6 is 22.9 Å². The molecule has 0 unspecified atom stereocenters. The highest BCUT2D eigenvalue weighted by Gasteiger charge is 2.22. The summed E-state index contributed by atoms with van der Waals surface area (Å²) < 4.78 is 1.79. The van der Waals surface area contributed by atoms with Gasteiger partial charge in [0.25, 0.3) is 5.91 Å². The Hall–Kier alpha value is -2.97. The molecule has 4 aromatic rings. The van der Waals surface area contributed by atoms with Crippen LogP contribution < -0.4 is 10.6 Å². The largest absolute Gasteiger partial charge is 0.368 e. The Bertz CT molecular complexity index is 1250. The molecule has 0 spiro atoms. The monoisotopic (exact) mass is 480 g/mol. The maximum atomic E-state index is 12.2. The van der Waals surface area contributed by atoms with Gasteiger partial charge in [-0.25, -0.2) is 14.6 Å². The molecule has 1 aromatic carbocycles. The van der Waals surface area contributed by atoms with Crippen LogP contribution in [0.2, 0.25) is 5.02 Å². The van der Waals surface area contributed by atoms with E-state index in [2.05, 4.69) is 15.7 Å². The van der Waals surface area contributed by atoms with Crippen molar-refractivity contribution >= 4 is 45.7 Å². The van der Waals surface area contributed by atoms with Crippen LogP contribution in [-0.4, -0.2) is 38.7 Å². The third-order valence-electron chi connectivity index (χ3n) is 5.94. The maximum Gasteiger partial charge on any atom is 0.261 e. The van der Waals surface area contributed by atoms with Crippen LogP contribution in [0.25, 0.3) is 16.7 Å². The van der Waals surface area contributed by atoms with E-state index in [-0.39, 0.29) is 5.91 Å². The molecule has 0 aliphatic heterocycles. The number of carbonyl (C=O) groups is 1. The first-order valence-corrected chi connectivity index (χ1v) is 12.5. The van der Waals surface area contributed by atoms with Gasteiger partial charge in [0.05, 0.1) is 27.2 Å². The van der Waals surface area contributed by atoms with Gasteiger partial charge in [-0.15, -0.1) is 11.3 Å². The Labute approximate surface area is 201 Å². The second-order valence-electron chi connectivity index (χ2n) is 8.17. The fraction of sp³-hybridized carbons (Fsp3) is 0.333. The minimum Gasteiger partial charge on any atom is -0.368 e. The van der Waals surface area contributed by atoms with Gasteiger partial charge in [0, 0.05) is 19.0 Å². The van der Waals surface area contributed by atoms with E-state index in [4.69, 9.17) is 21.6 Å². The predicted octanol–water partition coefficient (Wildman–Crippen LogP) is 5.42. The van der Waals surface area contributed by atoms with Gasteiger partial charge >= 0.3 is 0 Å². The zero-order valence-corrected chi connectivity index (χ0v) is 19.7. The molecule has 9 heteroatoms. The van der Waals surface area contributed by atoms with Crippen LogP contribution in [0.15, 0.2) is 48.0 Å². The second-order valence-corrected chi connectivity index (χ2v) is 9.53. The molecule has 3 heterocycles. The Morgan fingerprint density at radius 3 is 2.73 bits per heavy atom. The summed E-state index contributed by atoms with van der Waals surface area (Å²) in [4.78, 5) is 22.8. The zero-order chi connectivity index (χ0) is 22.6. The van der Waals surface area contributed by atoms with Crippen LogP contribution in [0.4, 0.5) is 5.82 Å². The molecule has 1 saturated carbocycles. The molecule has 1 amide bonds. The molecular formula is C24H25ClN6OS. The molecule has 0 atom stereocenters. The Morgan fingerprint density at radius 2 is 1.94 bits per heavy atom. The molecule has 1 fully saturated rings. The SMILES string of the molecule is O=C(NCCNc1nc(C2CCCCC2)nc2c1cnn2-c1ccccc1Cl)c1cccs1. The summed E-state index contributed by atoms with van der Waals surface area (Å²) in [6.07, 6.45) is 7.64. The first-order valence-electron chi connectivity index (χ1n) is 11.3. The van der Waals surface area contributed by atoms with E-state index in [1.807, 2.05) is 41.8 Å². The van der Waals surface area contributed by atoms with E-state index >= 15 is 0 Å². The van der Waals surface area contributed by atoms with Crippen molar-refractivity contribution in [2.24, 2.45) is 0 Å². The number of anilines is 1. The Balaban J connectivity index is 1.42. The lowest BCUT2D eigenvalue weighted by Crippen LogP contribution is -2.28. The molecular weight excluding hydrogens is 456 g/mol. The van der Waals surface area contributed by atoms with E-state index in [1.165, 1.54) is 30.6 Å². The number of fused-ring (bicyclic) bond motifs is 1. The lowest BCUT2D eigenvalue weighted by Gasteiger charge is -2.21. The van der Waals surface area contributed by atoms with Gasteiger partial charge in [0.2, 0.25) is 0 Å². The lowest BCUT2D eigenvalue weighted by molar-refractivity contribution is 0.0959. The average molecular weight is 481 g/mol. The highest BCUT2D eigenvalue weighted by atomic mass is 35.5. The van der Waals surface area contributed by atoms with Crippen molar-refractivity contribution in [3.8, 4) is 5.69 Å². The first kappa shape index (κ1) is 21.9. The molecule has 0 radical (unpaired) electrons. The van der Waals surface area contributed by atoms with Gasteiger partial charge in [0.1, 0.15) is 11.6 Å². The summed E-state index contributed by atoms with van der Waals surface area (Å²) in [7, 11) is 0. The van der Waals surface area contributed by atoms with E-state index in [0.717, 1.165) is 41.2 Å². The molecule has 0 bridgehead atoms. The molecule has 0 saturated heterocycles. The number of halogens is 1. The number of amides is 1. The minimum absolute atomic E-state index is 0.0610. The number of nitrogens with one attached hydrogen (secondary N) is 2. The van der Waals surface area contributed by atoms with E-state index < -0.39 is 0 Å². The molecule has 2 N–H and O–H groups in total. The lowest BCUT2D eigenvalue weighted by atomic mass is 9.88. The topological polar surface area (TPSA) is 84.7 Å². The maximum absolute atomic E-state index is 12.2. The molecule has 170 valence electrons. The minimum atomic E-state index is -0.0610. The highest BCUT2D eigenvalue weighted by molar-refractivity contribution is 7.12. The van der Waals surface area contributed by atoms with Crippen LogP contribution in [-0.2, 0) is 0 Å². The summed E-state index contributed by atoms with van der Waals surface area (Å²) in [6, 6.07) is 11.3. The van der Waals surface area contributed by atoms with Crippen molar-refractivity contribution in [3.05, 3.63) is 63.7 Å². The fourth-order valence-electron chi connectivity index (χ4n) is 4.25. The summed E-state index contributed by atoms with van der Waals surface area (Å²) in [5, 5.41) is 14.3. The third kappa shape index (κ3) is 4.72. The van der Waals surface area contributed by atoms with Crippen molar-refractivity contribution in [3.63, 3.8) is 0 Å². The smallest absolute Gasteiger partial charge is 0.261 e. The number of hydrogen-bond donors (Lipinski definition) is 2. The number of para-hydroxylation sites is 1. The summed E-state index contributed by atoms with van der Waals surface area (Å²) in [6.45, 7) is 1.03. The first-order chi connectivity index (χ1) is 16.2. The van der Waals surface area contributed by atoms with E-state index in [9.17, 15) is 4.79 Å². The average Bonchev–Trinajstić information content (AvgIpc) is 3.53. The summed E-state index contributed by atoms with van der Waals surface area (Å²) >= 11 is 7.89. The number of hydrogen-bond acceptors (Lipinski definition) is 6. The van der Waals surface area contributed by atoms with Crippen LogP contribution in [0.5, 0.6) is 0 Å². The molecule has 5 rings (SSSR count). The van der Waals surface area contributed by atoms with Crippen molar-refractivity contribution in [1.29, 1.82) is 0 Å². The van der Waals surface area contributed by atoms with Gasteiger partial charge < -0.3 is 10.6 Å². The van der Waals surface area contributed by atoms with Crippen molar-refractivity contribution in [2.45, 2.75) is 38.0 Å². The highest BCUT2D eigenvalue weighted by Crippen LogP contribution is 2.33. The van der Waals surface area contributed by atoms with Gasteiger partial charge in [-0.3, -0.25) is 4.79 Å². The van der Waals surface area contributed by atoms with Gasteiger partial charge in [-0.1, -0.05) is 49.1 Å². The molecule has 7 nitrogen and oxygen atoms in total. The van der Waals surface area contributed by atoms with E-state index in [0.29, 0.717) is 28.9 Å². The quantitative estimate of drug-likeness (QED) is 0.345. The van der Waals surface area contributed by atoms with Crippen molar-refractivity contribution in [2.75, 3.05) is 18.4 Å². The predicted molar refractivity (Wildman–Crippen MR) is 133 cm³/mol. The molecule has 1 aliphatic rings. The van der Waals surface area contributed by atoms with Gasteiger partial charge in [-0.2, -0.15) is 5.10 Å².